The molecule has 1 heterocycles. The molecule has 0 spiro atoms. The van der Waals surface area contributed by atoms with Crippen molar-refractivity contribution in [3.63, 3.8) is 0 Å². The number of rotatable bonds is 4. The van der Waals surface area contributed by atoms with E-state index < -0.39 is 12.1 Å². The summed E-state index contributed by atoms with van der Waals surface area (Å²) in [5, 5.41) is 4.33. The summed E-state index contributed by atoms with van der Waals surface area (Å²) < 4.78 is 6.17. The van der Waals surface area contributed by atoms with Crippen LogP contribution in [0.2, 0.25) is 5.02 Å². The molecule has 128 valence electrons. The molecule has 2 rings (SSSR count). The second-order valence-electron chi connectivity index (χ2n) is 6.43. The lowest BCUT2D eigenvalue weighted by molar-refractivity contribution is -0.150. The first-order chi connectivity index (χ1) is 11.2. The number of amides is 1. The van der Waals surface area contributed by atoms with Crippen LogP contribution in [0.15, 0.2) is 30.3 Å². The van der Waals surface area contributed by atoms with Crippen LogP contribution in [-0.2, 0) is 14.3 Å². The average molecular weight is 366 g/mol. The largest absolute Gasteiger partial charge is 0.449 e. The summed E-state index contributed by atoms with van der Waals surface area (Å²) >= 11 is 7.81. The van der Waals surface area contributed by atoms with Gasteiger partial charge in [0.2, 0.25) is 0 Å². The molecule has 24 heavy (non-hydrogen) atoms. The smallest absolute Gasteiger partial charge is 0.331 e. The Labute approximate surface area is 150 Å². The van der Waals surface area contributed by atoms with Gasteiger partial charge in [0.05, 0.1) is 5.02 Å². The molecule has 0 unspecified atom stereocenters. The first kappa shape index (κ1) is 18.5. The number of thiophene rings is 1. The van der Waals surface area contributed by atoms with Crippen molar-refractivity contribution in [3.8, 4) is 0 Å². The van der Waals surface area contributed by atoms with E-state index in [1.165, 1.54) is 17.4 Å². The molecule has 0 saturated heterocycles. The zero-order chi connectivity index (χ0) is 17.9. The SMILES string of the molecule is C[C@@H](OC(=O)/C=C/c1sc2ccccc2c1Cl)C(=O)NC(C)(C)C. The van der Waals surface area contributed by atoms with E-state index in [0.29, 0.717) is 5.02 Å². The Kier molecular flexibility index (Phi) is 5.67. The molecule has 0 radical (unpaired) electrons. The lowest BCUT2D eigenvalue weighted by Crippen LogP contribution is -2.46. The Balaban J connectivity index is 2.02. The Morgan fingerprint density at radius 1 is 1.29 bits per heavy atom. The predicted octanol–water partition coefficient (Wildman–Crippen LogP) is 4.41. The Bertz CT molecular complexity index is 789. The first-order valence-corrected chi connectivity index (χ1v) is 8.74. The summed E-state index contributed by atoms with van der Waals surface area (Å²) in [4.78, 5) is 24.6. The summed E-state index contributed by atoms with van der Waals surface area (Å²) in [6, 6.07) is 7.76. The van der Waals surface area contributed by atoms with Gasteiger partial charge in [0.25, 0.3) is 5.91 Å². The minimum Gasteiger partial charge on any atom is -0.449 e. The maximum absolute atomic E-state index is 11.9. The molecule has 0 saturated carbocycles. The van der Waals surface area contributed by atoms with Gasteiger partial charge in [-0.2, -0.15) is 0 Å². The highest BCUT2D eigenvalue weighted by Gasteiger charge is 2.21. The maximum Gasteiger partial charge on any atom is 0.331 e. The summed E-state index contributed by atoms with van der Waals surface area (Å²) in [5.41, 5.74) is -0.377. The van der Waals surface area contributed by atoms with Crippen LogP contribution >= 0.6 is 22.9 Å². The standard InChI is InChI=1S/C18H20ClNO3S/c1-11(17(22)20-18(2,3)4)23-15(21)10-9-14-16(19)12-7-5-6-8-13(12)24-14/h5-11H,1-4H3,(H,20,22)/b10-9+/t11-/m1/s1. The van der Waals surface area contributed by atoms with Crippen molar-refractivity contribution in [1.29, 1.82) is 0 Å². The van der Waals surface area contributed by atoms with Crippen LogP contribution in [0.25, 0.3) is 16.2 Å². The average Bonchev–Trinajstić information content (AvgIpc) is 2.80. The van der Waals surface area contributed by atoms with E-state index in [-0.39, 0.29) is 11.4 Å². The highest BCUT2D eigenvalue weighted by Crippen LogP contribution is 2.35. The number of esters is 1. The van der Waals surface area contributed by atoms with Crippen molar-refractivity contribution in [1.82, 2.24) is 5.32 Å². The van der Waals surface area contributed by atoms with Crippen molar-refractivity contribution in [2.24, 2.45) is 0 Å². The predicted molar refractivity (Wildman–Crippen MR) is 99.3 cm³/mol. The minimum atomic E-state index is -0.862. The van der Waals surface area contributed by atoms with Crippen LogP contribution in [0.1, 0.15) is 32.6 Å². The zero-order valence-corrected chi connectivity index (χ0v) is 15.6. The van der Waals surface area contributed by atoms with Crippen LogP contribution in [0.4, 0.5) is 0 Å². The van der Waals surface area contributed by atoms with Gasteiger partial charge in [-0.15, -0.1) is 11.3 Å². The molecule has 1 N–H and O–H groups in total. The second-order valence-corrected chi connectivity index (χ2v) is 7.89. The third kappa shape index (κ3) is 4.82. The van der Waals surface area contributed by atoms with E-state index >= 15 is 0 Å². The minimum absolute atomic E-state index is 0.329. The van der Waals surface area contributed by atoms with E-state index in [2.05, 4.69) is 5.32 Å². The summed E-state index contributed by atoms with van der Waals surface area (Å²) in [6.07, 6.45) is 2.04. The van der Waals surface area contributed by atoms with Gasteiger partial charge in [0.15, 0.2) is 6.10 Å². The van der Waals surface area contributed by atoms with Gasteiger partial charge in [0, 0.05) is 26.6 Å². The molecule has 1 aromatic carbocycles. The van der Waals surface area contributed by atoms with Crippen LogP contribution in [0.3, 0.4) is 0 Å². The number of fused-ring (bicyclic) bond motifs is 1. The van der Waals surface area contributed by atoms with Crippen molar-refractivity contribution in [2.45, 2.75) is 39.3 Å². The molecule has 1 aromatic heterocycles. The monoisotopic (exact) mass is 365 g/mol. The quantitative estimate of drug-likeness (QED) is 0.644. The number of nitrogens with one attached hydrogen (secondary N) is 1. The lowest BCUT2D eigenvalue weighted by Gasteiger charge is -2.22. The molecule has 6 heteroatoms. The topological polar surface area (TPSA) is 55.4 Å². The van der Waals surface area contributed by atoms with Crippen LogP contribution in [0.5, 0.6) is 0 Å². The van der Waals surface area contributed by atoms with E-state index in [0.717, 1.165) is 15.0 Å². The molecule has 0 fully saturated rings. The molecule has 1 atom stereocenters. The van der Waals surface area contributed by atoms with Crippen LogP contribution in [-0.4, -0.2) is 23.5 Å². The van der Waals surface area contributed by atoms with Gasteiger partial charge >= 0.3 is 5.97 Å². The van der Waals surface area contributed by atoms with E-state index in [9.17, 15) is 9.59 Å². The van der Waals surface area contributed by atoms with Gasteiger partial charge in [-0.1, -0.05) is 29.8 Å². The van der Waals surface area contributed by atoms with E-state index in [1.807, 2.05) is 45.0 Å². The Morgan fingerprint density at radius 3 is 2.58 bits per heavy atom. The third-order valence-corrected chi connectivity index (χ3v) is 4.75. The molecular formula is C18H20ClNO3S. The van der Waals surface area contributed by atoms with Gasteiger partial charge in [-0.3, -0.25) is 4.79 Å². The number of carbonyl (C=O) groups is 2. The maximum atomic E-state index is 11.9. The molecular weight excluding hydrogens is 346 g/mol. The van der Waals surface area contributed by atoms with Crippen molar-refractivity contribution in [3.05, 3.63) is 40.2 Å². The highest BCUT2D eigenvalue weighted by molar-refractivity contribution is 7.20. The molecule has 0 aliphatic rings. The van der Waals surface area contributed by atoms with Gasteiger partial charge < -0.3 is 10.1 Å². The fourth-order valence-electron chi connectivity index (χ4n) is 2.02. The number of carbonyl (C=O) groups excluding carboxylic acids is 2. The first-order valence-electron chi connectivity index (χ1n) is 7.55. The number of hydrogen-bond acceptors (Lipinski definition) is 4. The summed E-state index contributed by atoms with van der Waals surface area (Å²) in [5.74, 6) is -0.913. The number of hydrogen-bond donors (Lipinski definition) is 1. The van der Waals surface area contributed by atoms with Gasteiger partial charge in [-0.25, -0.2) is 4.79 Å². The van der Waals surface area contributed by atoms with Crippen molar-refractivity contribution >= 4 is 51.0 Å². The highest BCUT2D eigenvalue weighted by atomic mass is 35.5. The third-order valence-electron chi connectivity index (χ3n) is 3.09. The lowest BCUT2D eigenvalue weighted by atomic mass is 10.1. The van der Waals surface area contributed by atoms with E-state index in [1.54, 1.807) is 13.0 Å². The molecule has 2 aromatic rings. The normalized spacial score (nSPS) is 13.2. The summed E-state index contributed by atoms with van der Waals surface area (Å²) in [6.45, 7) is 7.13. The molecule has 0 aliphatic heterocycles. The number of benzene rings is 1. The Morgan fingerprint density at radius 2 is 1.96 bits per heavy atom. The van der Waals surface area contributed by atoms with Crippen LogP contribution < -0.4 is 5.32 Å². The zero-order valence-electron chi connectivity index (χ0n) is 14.1. The molecule has 0 bridgehead atoms. The van der Waals surface area contributed by atoms with Gasteiger partial charge in [-0.05, 0) is 39.8 Å². The molecule has 0 aliphatic carbocycles. The fraction of sp³-hybridized carbons (Fsp3) is 0.333. The van der Waals surface area contributed by atoms with Gasteiger partial charge in [0.1, 0.15) is 0 Å². The Hall–Kier alpha value is -1.85. The van der Waals surface area contributed by atoms with Crippen molar-refractivity contribution < 1.29 is 14.3 Å². The molecule has 4 nitrogen and oxygen atoms in total. The number of ether oxygens (including phenoxy) is 1. The number of halogens is 1. The summed E-state index contributed by atoms with van der Waals surface area (Å²) in [7, 11) is 0. The molecule has 1 amide bonds. The second kappa shape index (κ2) is 7.36. The van der Waals surface area contributed by atoms with Crippen molar-refractivity contribution in [2.75, 3.05) is 0 Å². The van der Waals surface area contributed by atoms with E-state index in [4.69, 9.17) is 16.3 Å². The van der Waals surface area contributed by atoms with Crippen LogP contribution in [0, 0.1) is 0 Å². The fourth-order valence-corrected chi connectivity index (χ4v) is 3.42.